The number of ether oxygens (including phenoxy) is 1. The lowest BCUT2D eigenvalue weighted by Gasteiger charge is -2.17. The van der Waals surface area contributed by atoms with Gasteiger partial charge in [0.25, 0.3) is 5.91 Å². The third kappa shape index (κ3) is 9.99. The highest BCUT2D eigenvalue weighted by Gasteiger charge is 2.18. The number of amides is 2. The summed E-state index contributed by atoms with van der Waals surface area (Å²) in [7, 11) is -3.72. The van der Waals surface area contributed by atoms with Crippen molar-refractivity contribution in [2.24, 2.45) is 10.7 Å². The first-order chi connectivity index (χ1) is 20.9. The maximum absolute atomic E-state index is 13.5. The van der Waals surface area contributed by atoms with E-state index in [9.17, 15) is 18.0 Å². The second kappa shape index (κ2) is 14.2. The molecule has 44 heavy (non-hydrogen) atoms. The van der Waals surface area contributed by atoms with E-state index in [1.165, 1.54) is 11.8 Å². The van der Waals surface area contributed by atoms with E-state index in [4.69, 9.17) is 10.5 Å². The quantitative estimate of drug-likeness (QED) is 0.137. The number of rotatable bonds is 10. The molecule has 0 unspecified atom stereocenters. The van der Waals surface area contributed by atoms with E-state index in [-0.39, 0.29) is 29.7 Å². The van der Waals surface area contributed by atoms with Crippen molar-refractivity contribution in [3.05, 3.63) is 125 Å². The zero-order valence-corrected chi connectivity index (χ0v) is 26.2. The third-order valence-electron chi connectivity index (χ3n) is 5.98. The van der Waals surface area contributed by atoms with Crippen molar-refractivity contribution in [3.63, 3.8) is 0 Å². The van der Waals surface area contributed by atoms with Crippen molar-refractivity contribution in [2.75, 3.05) is 4.72 Å². The highest BCUT2D eigenvalue weighted by molar-refractivity contribution is 7.99. The van der Waals surface area contributed by atoms with Gasteiger partial charge < -0.3 is 15.8 Å². The molecule has 4 aromatic carbocycles. The Kier molecular flexibility index (Phi) is 10.5. The number of nitrogens with two attached hydrogens (primary N) is 1. The van der Waals surface area contributed by atoms with Gasteiger partial charge in [-0.2, -0.15) is 4.99 Å². The number of hydrogen-bond acceptors (Lipinski definition) is 6. The van der Waals surface area contributed by atoms with Crippen molar-refractivity contribution < 1.29 is 22.7 Å². The van der Waals surface area contributed by atoms with Crippen LogP contribution >= 0.6 is 11.8 Å². The summed E-state index contributed by atoms with van der Waals surface area (Å²) in [6.07, 6.45) is -0.778. The lowest BCUT2D eigenvalue weighted by molar-refractivity contribution is 0.0604. The van der Waals surface area contributed by atoms with Crippen LogP contribution in [0.5, 0.6) is 0 Å². The third-order valence-corrected chi connectivity index (χ3v) is 8.32. The minimum atomic E-state index is -3.72. The van der Waals surface area contributed by atoms with Crippen LogP contribution in [-0.2, 0) is 27.1 Å². The molecule has 0 bridgehead atoms. The van der Waals surface area contributed by atoms with E-state index in [0.717, 1.165) is 10.5 Å². The highest BCUT2D eigenvalue weighted by atomic mass is 32.2. The first kappa shape index (κ1) is 32.3. The van der Waals surface area contributed by atoms with E-state index in [1.54, 1.807) is 87.5 Å². The minimum absolute atomic E-state index is 0.0175. The number of nitrogens with zero attached hydrogens (tertiary/aromatic N) is 1. The number of aliphatic imine (C=N–C) groups is 1. The Morgan fingerprint density at radius 1 is 0.864 bits per heavy atom. The molecule has 4 rings (SSSR count). The molecule has 228 valence electrons. The van der Waals surface area contributed by atoms with Gasteiger partial charge in [-0.15, -0.1) is 0 Å². The molecule has 0 saturated heterocycles. The number of carbonyl (C=O) groups excluding carboxylic acids is 2. The largest absolute Gasteiger partial charge is 0.442 e. The number of hydrogen-bond donors (Lipinski definition) is 3. The lowest BCUT2D eigenvalue weighted by atomic mass is 10.1. The molecule has 0 aliphatic carbocycles. The normalized spacial score (nSPS) is 11.9. The minimum Gasteiger partial charge on any atom is -0.442 e. The van der Waals surface area contributed by atoms with Gasteiger partial charge in [-0.1, -0.05) is 84.6 Å². The van der Waals surface area contributed by atoms with Gasteiger partial charge in [0.05, 0.1) is 11.3 Å². The summed E-state index contributed by atoms with van der Waals surface area (Å²) in [5, 5.41) is 2.91. The van der Waals surface area contributed by atoms with Crippen LogP contribution in [0.2, 0.25) is 0 Å². The Hall–Kier alpha value is -4.61. The van der Waals surface area contributed by atoms with Gasteiger partial charge in [0.1, 0.15) is 11.4 Å². The average molecular weight is 631 g/mol. The van der Waals surface area contributed by atoms with Crippen molar-refractivity contribution in [2.45, 2.75) is 48.5 Å². The van der Waals surface area contributed by atoms with Gasteiger partial charge >= 0.3 is 6.09 Å². The fourth-order valence-corrected chi connectivity index (χ4v) is 6.14. The summed E-state index contributed by atoms with van der Waals surface area (Å²) >= 11 is 1.40. The summed E-state index contributed by atoms with van der Waals surface area (Å²) < 4.78 is 33.5. The predicted molar refractivity (Wildman–Crippen MR) is 174 cm³/mol. The van der Waals surface area contributed by atoms with Crippen molar-refractivity contribution >= 4 is 45.3 Å². The second-order valence-corrected chi connectivity index (χ2v) is 13.7. The summed E-state index contributed by atoms with van der Waals surface area (Å²) in [6, 6.07) is 30.3. The van der Waals surface area contributed by atoms with Crippen LogP contribution in [0.3, 0.4) is 0 Å². The smallest absolute Gasteiger partial charge is 0.436 e. The molecule has 0 aliphatic rings. The molecule has 0 fully saturated rings. The van der Waals surface area contributed by atoms with Crippen LogP contribution in [0.4, 0.5) is 10.5 Å². The van der Waals surface area contributed by atoms with E-state index in [0.29, 0.717) is 21.6 Å². The molecule has 9 nitrogen and oxygen atoms in total. The number of carbonyl (C=O) groups is 2. The van der Waals surface area contributed by atoms with Crippen molar-refractivity contribution in [3.8, 4) is 0 Å². The van der Waals surface area contributed by atoms with E-state index in [2.05, 4.69) is 15.0 Å². The van der Waals surface area contributed by atoms with Gasteiger partial charge in [-0.25, -0.2) is 13.2 Å². The Morgan fingerprint density at radius 2 is 1.50 bits per heavy atom. The maximum atomic E-state index is 13.5. The van der Waals surface area contributed by atoms with Gasteiger partial charge in [0.2, 0.25) is 10.0 Å². The molecule has 2 amide bonds. The first-order valence-corrected chi connectivity index (χ1v) is 16.2. The fraction of sp³-hybridized carbons (Fsp3) is 0.182. The highest BCUT2D eigenvalue weighted by Crippen LogP contribution is 2.32. The number of amidine groups is 1. The standard InChI is InChI=1S/C33H34N4O5S2/c1-33(2,3)42-32(39)36-30(34)25-16-14-23(15-17-25)21-35-31(38)28-20-26(18-19-29(28)43-27-12-8-5-9-13-27)37-44(40,41)22-24-10-6-4-7-11-24/h4-20,37H,21-22H2,1-3H3,(H,35,38)(H2,34,36,39). The molecule has 4 aromatic rings. The zero-order chi connectivity index (χ0) is 31.7. The first-order valence-electron chi connectivity index (χ1n) is 13.7. The molecule has 0 atom stereocenters. The SMILES string of the molecule is CC(C)(C)OC(=O)/N=C(/N)c1ccc(CNC(=O)c2cc(NS(=O)(=O)Cc3ccccc3)ccc2Sc2ccccc2)cc1. The van der Waals surface area contributed by atoms with Crippen LogP contribution in [-0.4, -0.2) is 31.9 Å². The van der Waals surface area contributed by atoms with E-state index in [1.807, 2.05) is 36.4 Å². The molecule has 4 N–H and O–H groups in total. The number of nitrogens with one attached hydrogen (secondary N) is 2. The monoisotopic (exact) mass is 630 g/mol. The molecular weight excluding hydrogens is 597 g/mol. The second-order valence-electron chi connectivity index (χ2n) is 10.8. The van der Waals surface area contributed by atoms with Crippen LogP contribution in [0.25, 0.3) is 0 Å². The van der Waals surface area contributed by atoms with E-state index < -0.39 is 21.7 Å². The summed E-state index contributed by atoms with van der Waals surface area (Å²) in [4.78, 5) is 30.8. The van der Waals surface area contributed by atoms with Crippen LogP contribution in [0, 0.1) is 0 Å². The summed E-state index contributed by atoms with van der Waals surface area (Å²) in [5.41, 5.74) is 7.86. The van der Waals surface area contributed by atoms with Gasteiger partial charge in [0, 0.05) is 27.6 Å². The Bertz CT molecular complexity index is 1740. The summed E-state index contributed by atoms with van der Waals surface area (Å²) in [5.74, 6) is -0.551. The van der Waals surface area contributed by atoms with Crippen LogP contribution in [0.1, 0.15) is 47.8 Å². The number of benzene rings is 4. The number of sulfonamides is 1. The van der Waals surface area contributed by atoms with Gasteiger partial charge in [-0.05, 0) is 62.2 Å². The van der Waals surface area contributed by atoms with Crippen LogP contribution in [0.15, 0.2) is 118 Å². The molecule has 11 heteroatoms. The Labute approximate surface area is 262 Å². The fourth-order valence-electron chi connectivity index (χ4n) is 4.00. The van der Waals surface area contributed by atoms with E-state index >= 15 is 0 Å². The molecule has 0 heterocycles. The Balaban J connectivity index is 1.49. The van der Waals surface area contributed by atoms with Gasteiger partial charge in [0.15, 0.2) is 0 Å². The topological polar surface area (TPSA) is 140 Å². The van der Waals surface area contributed by atoms with Crippen molar-refractivity contribution in [1.29, 1.82) is 0 Å². The zero-order valence-electron chi connectivity index (χ0n) is 24.6. The average Bonchev–Trinajstić information content (AvgIpc) is 2.96. The number of anilines is 1. The van der Waals surface area contributed by atoms with Crippen molar-refractivity contribution in [1.82, 2.24) is 5.32 Å². The molecular formula is C33H34N4O5S2. The molecule has 0 aromatic heterocycles. The predicted octanol–water partition coefficient (Wildman–Crippen LogP) is 6.35. The molecule has 0 spiro atoms. The Morgan fingerprint density at radius 3 is 2.14 bits per heavy atom. The summed E-state index contributed by atoms with van der Waals surface area (Å²) in [6.45, 7) is 5.42. The maximum Gasteiger partial charge on any atom is 0.436 e. The lowest BCUT2D eigenvalue weighted by Crippen LogP contribution is -2.25. The molecule has 0 saturated carbocycles. The molecule has 0 radical (unpaired) electrons. The molecule has 0 aliphatic heterocycles. The van der Waals surface area contributed by atoms with Crippen LogP contribution < -0.4 is 15.8 Å². The van der Waals surface area contributed by atoms with Gasteiger partial charge in [-0.3, -0.25) is 9.52 Å².